The van der Waals surface area contributed by atoms with E-state index in [1.807, 2.05) is 12.1 Å². The van der Waals surface area contributed by atoms with Gasteiger partial charge in [-0.1, -0.05) is 23.7 Å². The SMILES string of the molecule is O=C(O)c1ccn(Cc2ccc(Cl)cc2)n1. The Morgan fingerprint density at radius 2 is 2.00 bits per heavy atom. The van der Waals surface area contributed by atoms with E-state index in [0.29, 0.717) is 11.6 Å². The number of aromatic nitrogens is 2. The van der Waals surface area contributed by atoms with Crippen molar-refractivity contribution in [3.8, 4) is 0 Å². The highest BCUT2D eigenvalue weighted by Gasteiger charge is 2.06. The smallest absolute Gasteiger partial charge is 0.356 e. The van der Waals surface area contributed by atoms with E-state index in [1.54, 1.807) is 23.0 Å². The summed E-state index contributed by atoms with van der Waals surface area (Å²) >= 11 is 5.76. The molecule has 4 nitrogen and oxygen atoms in total. The summed E-state index contributed by atoms with van der Waals surface area (Å²) in [6.07, 6.45) is 1.64. The predicted octanol–water partition coefficient (Wildman–Crippen LogP) is 2.28. The van der Waals surface area contributed by atoms with Crippen LogP contribution in [0.2, 0.25) is 5.02 Å². The first-order valence-corrected chi connectivity index (χ1v) is 5.04. The summed E-state index contributed by atoms with van der Waals surface area (Å²) in [7, 11) is 0. The van der Waals surface area contributed by atoms with E-state index in [1.165, 1.54) is 6.07 Å². The fourth-order valence-corrected chi connectivity index (χ4v) is 1.47. The van der Waals surface area contributed by atoms with E-state index in [0.717, 1.165) is 5.56 Å². The molecule has 0 aliphatic heterocycles. The molecule has 0 radical (unpaired) electrons. The second-order valence-corrected chi connectivity index (χ2v) is 3.77. The van der Waals surface area contributed by atoms with E-state index >= 15 is 0 Å². The minimum Gasteiger partial charge on any atom is -0.476 e. The number of aromatic carboxylic acids is 1. The van der Waals surface area contributed by atoms with Crippen LogP contribution in [0.15, 0.2) is 36.5 Å². The zero-order valence-corrected chi connectivity index (χ0v) is 9.05. The lowest BCUT2D eigenvalue weighted by atomic mass is 10.2. The monoisotopic (exact) mass is 236 g/mol. The largest absolute Gasteiger partial charge is 0.476 e. The zero-order chi connectivity index (χ0) is 11.5. The van der Waals surface area contributed by atoms with E-state index in [9.17, 15) is 4.79 Å². The van der Waals surface area contributed by atoms with Gasteiger partial charge >= 0.3 is 5.97 Å². The first kappa shape index (κ1) is 10.7. The molecule has 0 saturated carbocycles. The molecule has 16 heavy (non-hydrogen) atoms. The molecule has 0 bridgehead atoms. The van der Waals surface area contributed by atoms with Gasteiger partial charge in [-0.25, -0.2) is 4.79 Å². The third-order valence-electron chi connectivity index (χ3n) is 2.12. The fraction of sp³-hybridized carbons (Fsp3) is 0.0909. The highest BCUT2D eigenvalue weighted by molar-refractivity contribution is 6.30. The van der Waals surface area contributed by atoms with Crippen molar-refractivity contribution in [2.45, 2.75) is 6.54 Å². The number of carbonyl (C=O) groups is 1. The van der Waals surface area contributed by atoms with Crippen molar-refractivity contribution in [3.05, 3.63) is 52.8 Å². The van der Waals surface area contributed by atoms with Gasteiger partial charge in [0, 0.05) is 11.2 Å². The van der Waals surface area contributed by atoms with Crippen LogP contribution >= 0.6 is 11.6 Å². The quantitative estimate of drug-likeness (QED) is 0.890. The van der Waals surface area contributed by atoms with Gasteiger partial charge in [0.1, 0.15) is 0 Å². The third-order valence-corrected chi connectivity index (χ3v) is 2.37. The Bertz CT molecular complexity index is 505. The third kappa shape index (κ3) is 2.41. The molecule has 0 aliphatic carbocycles. The van der Waals surface area contributed by atoms with Gasteiger partial charge in [0.25, 0.3) is 0 Å². The summed E-state index contributed by atoms with van der Waals surface area (Å²) < 4.78 is 1.58. The Labute approximate surface area is 97.1 Å². The maximum Gasteiger partial charge on any atom is 0.356 e. The van der Waals surface area contributed by atoms with Gasteiger partial charge in [0.05, 0.1) is 6.54 Å². The second-order valence-electron chi connectivity index (χ2n) is 3.33. The molecule has 2 rings (SSSR count). The zero-order valence-electron chi connectivity index (χ0n) is 8.30. The van der Waals surface area contributed by atoms with Crippen molar-refractivity contribution in [3.63, 3.8) is 0 Å². The number of hydrogen-bond acceptors (Lipinski definition) is 2. The Morgan fingerprint density at radius 3 is 2.56 bits per heavy atom. The topological polar surface area (TPSA) is 55.1 Å². The maximum absolute atomic E-state index is 10.6. The maximum atomic E-state index is 10.6. The lowest BCUT2D eigenvalue weighted by molar-refractivity contribution is 0.0689. The van der Waals surface area contributed by atoms with E-state index < -0.39 is 5.97 Å². The molecule has 1 heterocycles. The summed E-state index contributed by atoms with van der Waals surface area (Å²) in [6.45, 7) is 0.532. The molecule has 0 saturated heterocycles. The van der Waals surface area contributed by atoms with E-state index in [2.05, 4.69) is 5.10 Å². The Morgan fingerprint density at radius 1 is 1.31 bits per heavy atom. The van der Waals surface area contributed by atoms with Crippen LogP contribution in [0.3, 0.4) is 0 Å². The lowest BCUT2D eigenvalue weighted by Crippen LogP contribution is -2.03. The van der Waals surface area contributed by atoms with Gasteiger partial charge in [-0.3, -0.25) is 4.68 Å². The molecule has 0 unspecified atom stereocenters. The molecule has 1 N–H and O–H groups in total. The predicted molar refractivity (Wildman–Crippen MR) is 59.7 cm³/mol. The van der Waals surface area contributed by atoms with Crippen molar-refractivity contribution in [1.82, 2.24) is 9.78 Å². The molecule has 0 spiro atoms. The van der Waals surface area contributed by atoms with Crippen LogP contribution in [0.25, 0.3) is 0 Å². The van der Waals surface area contributed by atoms with Gasteiger partial charge in [0.2, 0.25) is 0 Å². The molecule has 1 aromatic carbocycles. The average Bonchev–Trinajstić information content (AvgIpc) is 2.70. The second kappa shape index (κ2) is 4.37. The van der Waals surface area contributed by atoms with Gasteiger partial charge in [-0.05, 0) is 23.8 Å². The van der Waals surface area contributed by atoms with Crippen LogP contribution < -0.4 is 0 Å². The number of carboxylic acids is 1. The highest BCUT2D eigenvalue weighted by Crippen LogP contribution is 2.10. The normalized spacial score (nSPS) is 10.3. The van der Waals surface area contributed by atoms with Crippen molar-refractivity contribution in [1.29, 1.82) is 0 Å². The number of nitrogens with zero attached hydrogens (tertiary/aromatic N) is 2. The number of hydrogen-bond donors (Lipinski definition) is 1. The van der Waals surface area contributed by atoms with Gasteiger partial charge in [-0.2, -0.15) is 5.10 Å². The summed E-state index contributed by atoms with van der Waals surface area (Å²) in [5.74, 6) is -1.02. The van der Waals surface area contributed by atoms with Gasteiger partial charge in [0.15, 0.2) is 5.69 Å². The van der Waals surface area contributed by atoms with Crippen LogP contribution in [-0.2, 0) is 6.54 Å². The van der Waals surface area contributed by atoms with Crippen LogP contribution in [-0.4, -0.2) is 20.9 Å². The first-order chi connectivity index (χ1) is 7.65. The van der Waals surface area contributed by atoms with Crippen LogP contribution in [0, 0.1) is 0 Å². The van der Waals surface area contributed by atoms with Crippen molar-refractivity contribution >= 4 is 17.6 Å². The van der Waals surface area contributed by atoms with E-state index in [4.69, 9.17) is 16.7 Å². The minimum atomic E-state index is -1.02. The average molecular weight is 237 g/mol. The van der Waals surface area contributed by atoms with Crippen molar-refractivity contribution in [2.24, 2.45) is 0 Å². The summed E-state index contributed by atoms with van der Waals surface area (Å²) in [4.78, 5) is 10.6. The summed E-state index contributed by atoms with van der Waals surface area (Å²) in [5, 5.41) is 13.3. The standard InChI is InChI=1S/C11H9ClN2O2/c12-9-3-1-8(2-4-9)7-14-6-5-10(13-14)11(15)16/h1-6H,7H2,(H,15,16). The Hall–Kier alpha value is -1.81. The van der Waals surface area contributed by atoms with Crippen LogP contribution in [0.1, 0.15) is 16.1 Å². The molecule has 0 amide bonds. The first-order valence-electron chi connectivity index (χ1n) is 4.66. The summed E-state index contributed by atoms with van der Waals surface area (Å²) in [5.41, 5.74) is 1.07. The number of benzene rings is 1. The fourth-order valence-electron chi connectivity index (χ4n) is 1.34. The van der Waals surface area contributed by atoms with Gasteiger partial charge in [-0.15, -0.1) is 0 Å². The molecule has 82 valence electrons. The van der Waals surface area contributed by atoms with Crippen LogP contribution in [0.4, 0.5) is 0 Å². The molecule has 1 aromatic heterocycles. The molecule has 0 fully saturated rings. The molecular weight excluding hydrogens is 228 g/mol. The molecule has 0 aliphatic rings. The Kier molecular flexibility index (Phi) is 2.92. The van der Waals surface area contributed by atoms with Crippen LogP contribution in [0.5, 0.6) is 0 Å². The number of rotatable bonds is 3. The van der Waals surface area contributed by atoms with Crippen molar-refractivity contribution < 1.29 is 9.90 Å². The molecule has 5 heteroatoms. The molecule has 0 atom stereocenters. The lowest BCUT2D eigenvalue weighted by Gasteiger charge is -2.01. The summed E-state index contributed by atoms with van der Waals surface area (Å²) in [6, 6.07) is 8.81. The highest BCUT2D eigenvalue weighted by atomic mass is 35.5. The van der Waals surface area contributed by atoms with Gasteiger partial charge < -0.3 is 5.11 Å². The number of halogens is 1. The molecule has 2 aromatic rings. The molecular formula is C11H9ClN2O2. The Balaban J connectivity index is 2.14. The van der Waals surface area contributed by atoms with Crippen molar-refractivity contribution in [2.75, 3.05) is 0 Å². The van der Waals surface area contributed by atoms with E-state index in [-0.39, 0.29) is 5.69 Å². The minimum absolute atomic E-state index is 0.0500. The number of carboxylic acid groups (broad SMARTS) is 1.